The average Bonchev–Trinajstić information content (AvgIpc) is 2.78. The van der Waals surface area contributed by atoms with E-state index in [1.54, 1.807) is 12.1 Å². The van der Waals surface area contributed by atoms with Crippen LogP contribution in [0.3, 0.4) is 0 Å². The van der Waals surface area contributed by atoms with Crippen molar-refractivity contribution >= 4 is 11.9 Å². The SMILES string of the molecule is CCCCCCc1cc(C(=O)OC2CCCCC2)ccc1C(=O)OC1CCCCC1. The third kappa shape index (κ3) is 6.85. The molecule has 0 heterocycles. The highest BCUT2D eigenvalue weighted by atomic mass is 16.5. The zero-order valence-corrected chi connectivity index (χ0v) is 18.6. The van der Waals surface area contributed by atoms with Gasteiger partial charge in [-0.15, -0.1) is 0 Å². The van der Waals surface area contributed by atoms with Gasteiger partial charge >= 0.3 is 11.9 Å². The summed E-state index contributed by atoms with van der Waals surface area (Å²) in [6.07, 6.45) is 16.2. The minimum absolute atomic E-state index is 0.0372. The van der Waals surface area contributed by atoms with E-state index in [-0.39, 0.29) is 24.1 Å². The van der Waals surface area contributed by atoms with Crippen LogP contribution in [0.1, 0.15) is 123 Å². The normalized spacial score (nSPS) is 18.2. The van der Waals surface area contributed by atoms with Gasteiger partial charge in [0.15, 0.2) is 0 Å². The van der Waals surface area contributed by atoms with Crippen molar-refractivity contribution in [3.05, 3.63) is 34.9 Å². The maximum Gasteiger partial charge on any atom is 0.338 e. The summed E-state index contributed by atoms with van der Waals surface area (Å²) in [5.41, 5.74) is 2.09. The lowest BCUT2D eigenvalue weighted by Gasteiger charge is -2.23. The van der Waals surface area contributed by atoms with Crippen LogP contribution in [0.15, 0.2) is 18.2 Å². The molecule has 0 N–H and O–H groups in total. The van der Waals surface area contributed by atoms with Gasteiger partial charge in [0.1, 0.15) is 12.2 Å². The molecule has 1 aromatic rings. The Hall–Kier alpha value is -1.84. The molecular formula is C26H38O4. The Morgan fingerprint density at radius 2 is 1.40 bits per heavy atom. The second-order valence-corrected chi connectivity index (χ2v) is 9.01. The van der Waals surface area contributed by atoms with E-state index in [9.17, 15) is 9.59 Å². The van der Waals surface area contributed by atoms with Crippen molar-refractivity contribution in [2.24, 2.45) is 0 Å². The monoisotopic (exact) mass is 414 g/mol. The number of carbonyl (C=O) groups is 2. The quantitative estimate of drug-likeness (QED) is 0.330. The summed E-state index contributed by atoms with van der Waals surface area (Å²) >= 11 is 0. The van der Waals surface area contributed by atoms with E-state index in [1.807, 2.05) is 6.07 Å². The number of carbonyl (C=O) groups excluding carboxylic acids is 2. The third-order valence-electron chi connectivity index (χ3n) is 6.51. The fourth-order valence-corrected chi connectivity index (χ4v) is 4.67. The summed E-state index contributed by atoms with van der Waals surface area (Å²) in [6.45, 7) is 2.19. The first-order valence-electron chi connectivity index (χ1n) is 12.2. The van der Waals surface area contributed by atoms with Crippen molar-refractivity contribution in [3.63, 3.8) is 0 Å². The molecule has 1 aromatic carbocycles. The Morgan fingerprint density at radius 1 is 0.800 bits per heavy atom. The standard InChI is InChI=1S/C26H38O4/c1-2-3-4-7-12-20-19-21(25(27)29-22-13-8-5-9-14-22)17-18-24(20)26(28)30-23-15-10-6-11-16-23/h17-19,22-23H,2-16H2,1H3. The molecule has 0 bridgehead atoms. The maximum atomic E-state index is 12.9. The molecule has 2 saturated carbocycles. The van der Waals surface area contributed by atoms with E-state index in [0.717, 1.165) is 76.2 Å². The van der Waals surface area contributed by atoms with Gasteiger partial charge in [-0.1, -0.05) is 39.0 Å². The van der Waals surface area contributed by atoms with Crippen LogP contribution in [0.2, 0.25) is 0 Å². The van der Waals surface area contributed by atoms with Gasteiger partial charge < -0.3 is 9.47 Å². The van der Waals surface area contributed by atoms with E-state index in [4.69, 9.17) is 9.47 Å². The molecular weight excluding hydrogens is 376 g/mol. The Bertz CT molecular complexity index is 684. The smallest absolute Gasteiger partial charge is 0.338 e. The summed E-state index contributed by atoms with van der Waals surface area (Å²) in [5, 5.41) is 0. The highest BCUT2D eigenvalue weighted by Gasteiger charge is 2.23. The third-order valence-corrected chi connectivity index (χ3v) is 6.51. The molecule has 30 heavy (non-hydrogen) atoms. The van der Waals surface area contributed by atoms with Crippen LogP contribution in [0.25, 0.3) is 0 Å². The molecule has 2 aliphatic rings. The van der Waals surface area contributed by atoms with E-state index in [2.05, 4.69) is 6.92 Å². The van der Waals surface area contributed by atoms with Crippen LogP contribution in [0.5, 0.6) is 0 Å². The summed E-state index contributed by atoms with van der Waals surface area (Å²) < 4.78 is 11.6. The molecule has 0 spiro atoms. The minimum atomic E-state index is -0.260. The van der Waals surface area contributed by atoms with Gasteiger partial charge in [-0.05, 0) is 88.0 Å². The van der Waals surface area contributed by atoms with Crippen LogP contribution < -0.4 is 0 Å². The molecule has 0 radical (unpaired) electrons. The molecule has 4 heteroatoms. The van der Waals surface area contributed by atoms with Crippen LogP contribution in [0, 0.1) is 0 Å². The summed E-state index contributed by atoms with van der Waals surface area (Å²) in [5.74, 6) is -0.497. The van der Waals surface area contributed by atoms with Crippen LogP contribution >= 0.6 is 0 Å². The molecule has 0 aromatic heterocycles. The number of aryl methyl sites for hydroxylation is 1. The molecule has 4 nitrogen and oxygen atoms in total. The largest absolute Gasteiger partial charge is 0.459 e. The van der Waals surface area contributed by atoms with Gasteiger partial charge in [-0.25, -0.2) is 9.59 Å². The number of ether oxygens (including phenoxy) is 2. The lowest BCUT2D eigenvalue weighted by Crippen LogP contribution is -2.23. The number of benzene rings is 1. The number of unbranched alkanes of at least 4 members (excludes halogenated alkanes) is 3. The molecule has 0 amide bonds. The Morgan fingerprint density at radius 3 is 2.00 bits per heavy atom. The fourth-order valence-electron chi connectivity index (χ4n) is 4.67. The molecule has 3 rings (SSSR count). The zero-order chi connectivity index (χ0) is 21.2. The van der Waals surface area contributed by atoms with E-state index >= 15 is 0 Å². The second-order valence-electron chi connectivity index (χ2n) is 9.01. The number of rotatable bonds is 9. The van der Waals surface area contributed by atoms with Crippen molar-refractivity contribution in [1.82, 2.24) is 0 Å². The highest BCUT2D eigenvalue weighted by Crippen LogP contribution is 2.25. The maximum absolute atomic E-state index is 12.9. The minimum Gasteiger partial charge on any atom is -0.459 e. The highest BCUT2D eigenvalue weighted by molar-refractivity contribution is 5.95. The lowest BCUT2D eigenvalue weighted by molar-refractivity contribution is 0.0195. The van der Waals surface area contributed by atoms with Gasteiger partial charge in [-0.3, -0.25) is 0 Å². The van der Waals surface area contributed by atoms with Gasteiger partial charge in [-0.2, -0.15) is 0 Å². The average molecular weight is 415 g/mol. The molecule has 0 atom stereocenters. The summed E-state index contributed by atoms with van der Waals surface area (Å²) in [7, 11) is 0. The van der Waals surface area contributed by atoms with Crippen molar-refractivity contribution in [3.8, 4) is 0 Å². The summed E-state index contributed by atoms with van der Waals surface area (Å²) in [6, 6.07) is 5.38. The topological polar surface area (TPSA) is 52.6 Å². The fraction of sp³-hybridized carbons (Fsp3) is 0.692. The van der Waals surface area contributed by atoms with Crippen LogP contribution in [0.4, 0.5) is 0 Å². The molecule has 0 saturated heterocycles. The molecule has 2 fully saturated rings. The number of esters is 2. The van der Waals surface area contributed by atoms with Crippen molar-refractivity contribution in [2.75, 3.05) is 0 Å². The van der Waals surface area contributed by atoms with E-state index in [0.29, 0.717) is 11.1 Å². The van der Waals surface area contributed by atoms with Crippen LogP contribution in [-0.4, -0.2) is 24.1 Å². The Kier molecular flexibility index (Phi) is 9.23. The zero-order valence-electron chi connectivity index (χ0n) is 18.6. The predicted octanol–water partition coefficient (Wildman–Crippen LogP) is 6.79. The predicted molar refractivity (Wildman–Crippen MR) is 119 cm³/mol. The van der Waals surface area contributed by atoms with Gasteiger partial charge in [0.25, 0.3) is 0 Å². The molecule has 166 valence electrons. The lowest BCUT2D eigenvalue weighted by atomic mass is 9.96. The number of hydrogen-bond donors (Lipinski definition) is 0. The number of hydrogen-bond acceptors (Lipinski definition) is 4. The first-order chi connectivity index (χ1) is 14.7. The van der Waals surface area contributed by atoms with Crippen molar-refractivity contribution < 1.29 is 19.1 Å². The van der Waals surface area contributed by atoms with Crippen molar-refractivity contribution in [2.45, 2.75) is 115 Å². The molecule has 0 unspecified atom stereocenters. The van der Waals surface area contributed by atoms with Gasteiger partial charge in [0.05, 0.1) is 11.1 Å². The first-order valence-corrected chi connectivity index (χ1v) is 12.2. The Balaban J connectivity index is 1.69. The van der Waals surface area contributed by atoms with Gasteiger partial charge in [0, 0.05) is 0 Å². The first kappa shape index (κ1) is 22.8. The van der Waals surface area contributed by atoms with E-state index in [1.165, 1.54) is 25.7 Å². The van der Waals surface area contributed by atoms with E-state index < -0.39 is 0 Å². The summed E-state index contributed by atoms with van der Waals surface area (Å²) in [4.78, 5) is 25.6. The van der Waals surface area contributed by atoms with Crippen LogP contribution in [-0.2, 0) is 15.9 Å². The molecule has 2 aliphatic carbocycles. The molecule has 0 aliphatic heterocycles. The van der Waals surface area contributed by atoms with Crippen molar-refractivity contribution in [1.29, 1.82) is 0 Å². The second kappa shape index (κ2) is 12.1. The Labute approximate surface area is 181 Å². The van der Waals surface area contributed by atoms with Gasteiger partial charge in [0.2, 0.25) is 0 Å².